The summed E-state index contributed by atoms with van der Waals surface area (Å²) in [6.07, 6.45) is 1.72. The normalized spacial score (nSPS) is 15.1. The van der Waals surface area contributed by atoms with E-state index in [2.05, 4.69) is 47.0 Å². The number of hydrogen-bond acceptors (Lipinski definition) is 5. The van der Waals surface area contributed by atoms with Crippen molar-refractivity contribution in [1.82, 2.24) is 0 Å². The van der Waals surface area contributed by atoms with Gasteiger partial charge >= 0.3 is 0 Å². The van der Waals surface area contributed by atoms with Gasteiger partial charge in [-0.1, -0.05) is 33.9 Å². The minimum absolute atomic E-state index is 0.00658. The van der Waals surface area contributed by atoms with Crippen LogP contribution in [0.15, 0.2) is 49.6 Å². The molecule has 0 fully saturated rings. The molecule has 1 aromatic rings. The molecule has 29 heavy (non-hydrogen) atoms. The van der Waals surface area contributed by atoms with Gasteiger partial charge in [-0.25, -0.2) is 0 Å². The van der Waals surface area contributed by atoms with Gasteiger partial charge in [-0.3, -0.25) is 4.79 Å². The molecule has 0 amide bonds. The van der Waals surface area contributed by atoms with E-state index in [4.69, 9.17) is 13.9 Å². The van der Waals surface area contributed by atoms with Crippen LogP contribution in [0.5, 0.6) is 11.5 Å². The molecule has 0 aliphatic carbocycles. The number of methoxy groups -OCH3 is 1. The first-order chi connectivity index (χ1) is 13.4. The summed E-state index contributed by atoms with van der Waals surface area (Å²) in [6, 6.07) is 7.31. The summed E-state index contributed by atoms with van der Waals surface area (Å²) in [5.41, 5.74) is 0. The summed E-state index contributed by atoms with van der Waals surface area (Å²) >= 11 is 0. The van der Waals surface area contributed by atoms with Gasteiger partial charge in [-0.15, -0.1) is 0 Å². The molecule has 0 aliphatic rings. The van der Waals surface area contributed by atoms with Crippen LogP contribution in [0.25, 0.3) is 0 Å². The molecule has 0 bridgehead atoms. The van der Waals surface area contributed by atoms with Crippen molar-refractivity contribution >= 4 is 14.1 Å². The molecule has 1 aromatic carbocycles. The number of carbonyl (C=O) groups excluding carboxylic acids is 1. The van der Waals surface area contributed by atoms with Crippen LogP contribution in [0.4, 0.5) is 0 Å². The van der Waals surface area contributed by atoms with E-state index in [1.165, 1.54) is 0 Å². The lowest BCUT2D eigenvalue weighted by molar-refractivity contribution is -0.122. The van der Waals surface area contributed by atoms with Gasteiger partial charge in [0.05, 0.1) is 13.2 Å². The number of hydrogen-bond donors (Lipinski definition) is 1. The van der Waals surface area contributed by atoms with Crippen molar-refractivity contribution in [2.75, 3.05) is 7.11 Å². The first-order valence-corrected chi connectivity index (χ1v) is 12.8. The number of ether oxygens (including phenoxy) is 2. The Morgan fingerprint density at radius 1 is 1.14 bits per heavy atom. The number of carbonyl (C=O) groups is 1. The lowest BCUT2D eigenvalue weighted by Gasteiger charge is -2.41. The standard InChI is InChI=1S/C23H36O5Si/c1-9-19(24)20(25)15-16-22(28-29(7,8)23(3,4)5)21(10-2)27-18-13-11-17(26-6)12-14-18/h9-14,20-22,25H,1-2,15-16H2,3-8H3/t20-,21+,22+/m1/s1. The highest BCUT2D eigenvalue weighted by molar-refractivity contribution is 6.74. The van der Waals surface area contributed by atoms with Gasteiger partial charge in [-0.05, 0) is 67.4 Å². The summed E-state index contributed by atoms with van der Waals surface area (Å²) in [5.74, 6) is 1.03. The maximum atomic E-state index is 11.7. The minimum Gasteiger partial charge on any atom is -0.497 e. The van der Waals surface area contributed by atoms with Crippen molar-refractivity contribution in [3.8, 4) is 11.5 Å². The quantitative estimate of drug-likeness (QED) is 0.295. The van der Waals surface area contributed by atoms with Crippen LogP contribution in [0.1, 0.15) is 33.6 Å². The molecule has 0 aliphatic heterocycles. The molecule has 0 saturated heterocycles. The molecule has 0 saturated carbocycles. The highest BCUT2D eigenvalue weighted by atomic mass is 28.4. The second-order valence-electron chi connectivity index (χ2n) is 8.61. The second-order valence-corrected chi connectivity index (χ2v) is 13.4. The van der Waals surface area contributed by atoms with Gasteiger partial charge in [0.15, 0.2) is 14.1 Å². The number of rotatable bonds is 12. The van der Waals surface area contributed by atoms with Crippen molar-refractivity contribution in [1.29, 1.82) is 0 Å². The molecule has 6 heteroatoms. The zero-order valence-electron chi connectivity index (χ0n) is 18.6. The van der Waals surface area contributed by atoms with Gasteiger partial charge in [0.1, 0.15) is 23.7 Å². The van der Waals surface area contributed by atoms with E-state index in [-0.39, 0.29) is 23.3 Å². The summed E-state index contributed by atoms with van der Waals surface area (Å²) in [4.78, 5) is 11.7. The van der Waals surface area contributed by atoms with Crippen molar-refractivity contribution < 1.29 is 23.8 Å². The van der Waals surface area contributed by atoms with Gasteiger partial charge in [-0.2, -0.15) is 0 Å². The first-order valence-electron chi connectivity index (χ1n) is 9.90. The fourth-order valence-electron chi connectivity index (χ4n) is 2.53. The Balaban J connectivity index is 3.04. The summed E-state index contributed by atoms with van der Waals surface area (Å²) < 4.78 is 17.9. The maximum Gasteiger partial charge on any atom is 0.192 e. The van der Waals surface area contributed by atoms with Crippen LogP contribution in [0, 0.1) is 0 Å². The highest BCUT2D eigenvalue weighted by Crippen LogP contribution is 2.38. The zero-order valence-corrected chi connectivity index (χ0v) is 19.6. The number of ketones is 1. The Morgan fingerprint density at radius 3 is 2.14 bits per heavy atom. The van der Waals surface area contributed by atoms with Crippen LogP contribution < -0.4 is 9.47 Å². The molecular formula is C23H36O5Si. The van der Waals surface area contributed by atoms with Crippen LogP contribution >= 0.6 is 0 Å². The Hall–Kier alpha value is -1.89. The molecule has 5 nitrogen and oxygen atoms in total. The monoisotopic (exact) mass is 420 g/mol. The Labute approximate surface area is 176 Å². The third kappa shape index (κ3) is 7.46. The molecule has 3 atom stereocenters. The molecule has 1 N–H and O–H groups in total. The first kappa shape index (κ1) is 25.1. The lowest BCUT2D eigenvalue weighted by atomic mass is 10.0. The maximum absolute atomic E-state index is 11.7. The molecule has 0 heterocycles. The lowest BCUT2D eigenvalue weighted by Crippen LogP contribution is -2.48. The van der Waals surface area contributed by atoms with Crippen molar-refractivity contribution in [3.63, 3.8) is 0 Å². The topological polar surface area (TPSA) is 65.0 Å². The summed E-state index contributed by atoms with van der Waals surface area (Å²) in [6.45, 7) is 18.2. The number of aliphatic hydroxyl groups excluding tert-OH is 1. The molecule has 0 spiro atoms. The minimum atomic E-state index is -2.12. The van der Waals surface area contributed by atoms with Gasteiger partial charge < -0.3 is 19.0 Å². The van der Waals surface area contributed by atoms with E-state index in [0.717, 1.165) is 11.8 Å². The van der Waals surface area contributed by atoms with E-state index in [1.54, 1.807) is 13.2 Å². The van der Waals surface area contributed by atoms with Gasteiger partial charge in [0.2, 0.25) is 0 Å². The predicted octanol–water partition coefficient (Wildman–Crippen LogP) is 4.92. The summed E-state index contributed by atoms with van der Waals surface area (Å²) in [5, 5.41) is 10.1. The third-order valence-electron chi connectivity index (χ3n) is 5.44. The van der Waals surface area contributed by atoms with E-state index < -0.39 is 20.5 Å². The largest absolute Gasteiger partial charge is 0.497 e. The van der Waals surface area contributed by atoms with E-state index in [1.807, 2.05) is 24.3 Å². The van der Waals surface area contributed by atoms with Crippen LogP contribution in [-0.2, 0) is 9.22 Å². The number of benzene rings is 1. The fraction of sp³-hybridized carbons (Fsp3) is 0.522. The van der Waals surface area contributed by atoms with Crippen molar-refractivity contribution in [2.45, 2.75) is 70.1 Å². The van der Waals surface area contributed by atoms with Crippen molar-refractivity contribution in [3.05, 3.63) is 49.6 Å². The van der Waals surface area contributed by atoms with Crippen LogP contribution in [-0.4, -0.2) is 44.6 Å². The third-order valence-corrected chi connectivity index (χ3v) is 9.94. The molecular weight excluding hydrogens is 384 g/mol. The molecule has 1 rings (SSSR count). The number of aliphatic hydroxyl groups is 1. The Bertz CT molecular complexity index is 676. The SMILES string of the molecule is C=CC(=O)[C@H](O)CC[C@H](O[Si](C)(C)C(C)(C)C)[C@H](C=C)Oc1ccc(OC)cc1. The molecule has 0 aromatic heterocycles. The smallest absolute Gasteiger partial charge is 0.192 e. The van der Waals surface area contributed by atoms with Gasteiger partial charge in [0.25, 0.3) is 0 Å². The fourth-order valence-corrected chi connectivity index (χ4v) is 3.90. The van der Waals surface area contributed by atoms with E-state index in [0.29, 0.717) is 12.2 Å². The van der Waals surface area contributed by atoms with E-state index in [9.17, 15) is 9.90 Å². The van der Waals surface area contributed by atoms with Gasteiger partial charge in [0, 0.05) is 0 Å². The predicted molar refractivity (Wildman–Crippen MR) is 120 cm³/mol. The Morgan fingerprint density at radius 2 is 1.69 bits per heavy atom. The Kier molecular flexibility index (Phi) is 9.33. The van der Waals surface area contributed by atoms with E-state index >= 15 is 0 Å². The van der Waals surface area contributed by atoms with Crippen LogP contribution in [0.3, 0.4) is 0 Å². The molecule has 162 valence electrons. The average Bonchev–Trinajstić information content (AvgIpc) is 2.67. The zero-order chi connectivity index (χ0) is 22.2. The summed E-state index contributed by atoms with van der Waals surface area (Å²) in [7, 11) is -0.509. The second kappa shape index (κ2) is 10.8. The van der Waals surface area contributed by atoms with Crippen LogP contribution in [0.2, 0.25) is 18.1 Å². The average molecular weight is 421 g/mol. The molecule has 0 unspecified atom stereocenters. The molecule has 0 radical (unpaired) electrons. The van der Waals surface area contributed by atoms with Crippen molar-refractivity contribution in [2.24, 2.45) is 0 Å². The highest BCUT2D eigenvalue weighted by Gasteiger charge is 2.41.